The van der Waals surface area contributed by atoms with Crippen molar-refractivity contribution in [1.82, 2.24) is 10.4 Å². The van der Waals surface area contributed by atoms with Crippen molar-refractivity contribution in [3.63, 3.8) is 0 Å². The molecule has 0 atom stereocenters. The number of nitrogens with zero attached hydrogens (tertiary/aromatic N) is 2. The third kappa shape index (κ3) is 5.01. The SMILES string of the molecule is CC(CC(=O)Nc1ccc(C)c(C)c1)=NNC(=O)c1ccccn1. The van der Waals surface area contributed by atoms with Gasteiger partial charge in [-0.25, -0.2) is 5.43 Å². The molecule has 124 valence electrons. The van der Waals surface area contributed by atoms with E-state index >= 15 is 0 Å². The van der Waals surface area contributed by atoms with Crippen molar-refractivity contribution in [3.8, 4) is 0 Å². The van der Waals surface area contributed by atoms with E-state index in [1.54, 1.807) is 25.1 Å². The molecule has 2 amide bonds. The average Bonchev–Trinajstić information content (AvgIpc) is 2.56. The van der Waals surface area contributed by atoms with Crippen LogP contribution in [0.5, 0.6) is 0 Å². The largest absolute Gasteiger partial charge is 0.326 e. The summed E-state index contributed by atoms with van der Waals surface area (Å²) in [5.41, 5.74) is 6.19. The highest BCUT2D eigenvalue weighted by molar-refractivity contribution is 6.06. The molecule has 6 nitrogen and oxygen atoms in total. The summed E-state index contributed by atoms with van der Waals surface area (Å²) in [5, 5.41) is 6.75. The summed E-state index contributed by atoms with van der Waals surface area (Å²) in [4.78, 5) is 27.8. The zero-order chi connectivity index (χ0) is 17.5. The molecular formula is C18H20N4O2. The van der Waals surface area contributed by atoms with Crippen LogP contribution < -0.4 is 10.7 Å². The van der Waals surface area contributed by atoms with Gasteiger partial charge in [0.1, 0.15) is 5.69 Å². The number of carbonyl (C=O) groups excluding carboxylic acids is 2. The molecule has 0 aliphatic rings. The van der Waals surface area contributed by atoms with Crippen LogP contribution in [0.1, 0.15) is 35.0 Å². The number of aromatic nitrogens is 1. The summed E-state index contributed by atoms with van der Waals surface area (Å²) >= 11 is 0. The fourth-order valence-corrected chi connectivity index (χ4v) is 2.00. The van der Waals surface area contributed by atoms with Crippen molar-refractivity contribution in [2.45, 2.75) is 27.2 Å². The fraction of sp³-hybridized carbons (Fsp3) is 0.222. The summed E-state index contributed by atoms with van der Waals surface area (Å²) in [6, 6.07) is 10.8. The smallest absolute Gasteiger partial charge is 0.289 e. The van der Waals surface area contributed by atoms with E-state index in [1.165, 1.54) is 11.8 Å². The number of nitrogens with one attached hydrogen (secondary N) is 2. The van der Waals surface area contributed by atoms with Crippen molar-refractivity contribution in [1.29, 1.82) is 0 Å². The van der Waals surface area contributed by atoms with E-state index in [1.807, 2.05) is 32.0 Å². The van der Waals surface area contributed by atoms with E-state index in [-0.39, 0.29) is 18.0 Å². The van der Waals surface area contributed by atoms with Gasteiger partial charge >= 0.3 is 0 Å². The molecule has 0 unspecified atom stereocenters. The highest BCUT2D eigenvalue weighted by Crippen LogP contribution is 2.14. The molecule has 1 aromatic carbocycles. The van der Waals surface area contributed by atoms with Gasteiger partial charge in [-0.1, -0.05) is 12.1 Å². The monoisotopic (exact) mass is 324 g/mol. The molecule has 0 saturated carbocycles. The first-order valence-electron chi connectivity index (χ1n) is 7.57. The van der Waals surface area contributed by atoms with Gasteiger partial charge in [-0.05, 0) is 56.2 Å². The minimum atomic E-state index is -0.412. The zero-order valence-electron chi connectivity index (χ0n) is 14.0. The molecule has 1 aromatic heterocycles. The Morgan fingerprint density at radius 2 is 1.92 bits per heavy atom. The van der Waals surface area contributed by atoms with Crippen LogP contribution in [-0.2, 0) is 4.79 Å². The van der Waals surface area contributed by atoms with Crippen molar-refractivity contribution < 1.29 is 9.59 Å². The topological polar surface area (TPSA) is 83.5 Å². The fourth-order valence-electron chi connectivity index (χ4n) is 2.00. The minimum Gasteiger partial charge on any atom is -0.326 e. The van der Waals surface area contributed by atoms with Crippen LogP contribution in [0.25, 0.3) is 0 Å². The molecule has 6 heteroatoms. The lowest BCUT2D eigenvalue weighted by molar-refractivity contribution is -0.115. The number of anilines is 1. The lowest BCUT2D eigenvalue weighted by atomic mass is 10.1. The molecule has 2 N–H and O–H groups in total. The number of benzene rings is 1. The first kappa shape index (κ1) is 17.3. The maximum Gasteiger partial charge on any atom is 0.289 e. The van der Waals surface area contributed by atoms with E-state index < -0.39 is 5.91 Å². The number of amides is 2. The van der Waals surface area contributed by atoms with E-state index in [9.17, 15) is 9.59 Å². The number of hydrogen-bond acceptors (Lipinski definition) is 4. The molecule has 0 aliphatic carbocycles. The molecule has 0 saturated heterocycles. The molecule has 0 radical (unpaired) electrons. The second kappa shape index (κ2) is 8.01. The molecule has 0 bridgehead atoms. The number of hydrogen-bond donors (Lipinski definition) is 2. The van der Waals surface area contributed by atoms with Crippen LogP contribution in [0, 0.1) is 13.8 Å². The third-order valence-electron chi connectivity index (χ3n) is 3.45. The standard InChI is InChI=1S/C18H20N4O2/c1-12-7-8-15(10-13(12)2)20-17(23)11-14(3)21-22-18(24)16-6-4-5-9-19-16/h4-10H,11H2,1-3H3,(H,20,23)(H,22,24). The highest BCUT2D eigenvalue weighted by atomic mass is 16.2. The predicted molar refractivity (Wildman–Crippen MR) is 94.0 cm³/mol. The van der Waals surface area contributed by atoms with E-state index in [2.05, 4.69) is 20.8 Å². The van der Waals surface area contributed by atoms with Crippen LogP contribution in [0.4, 0.5) is 5.69 Å². The van der Waals surface area contributed by atoms with Gasteiger partial charge in [0.15, 0.2) is 0 Å². The molecule has 24 heavy (non-hydrogen) atoms. The summed E-state index contributed by atoms with van der Waals surface area (Å²) < 4.78 is 0. The Morgan fingerprint density at radius 1 is 1.12 bits per heavy atom. The predicted octanol–water partition coefficient (Wildman–Crippen LogP) is 2.83. The van der Waals surface area contributed by atoms with Crippen molar-refractivity contribution in [2.75, 3.05) is 5.32 Å². The van der Waals surface area contributed by atoms with E-state index in [0.717, 1.165) is 11.3 Å². The second-order valence-corrected chi connectivity index (χ2v) is 5.53. The first-order chi connectivity index (χ1) is 11.5. The van der Waals surface area contributed by atoms with E-state index in [4.69, 9.17) is 0 Å². The van der Waals surface area contributed by atoms with E-state index in [0.29, 0.717) is 5.71 Å². The van der Waals surface area contributed by atoms with Gasteiger partial charge in [0.25, 0.3) is 5.91 Å². The maximum absolute atomic E-state index is 12.0. The lowest BCUT2D eigenvalue weighted by Gasteiger charge is -2.07. The van der Waals surface area contributed by atoms with Gasteiger partial charge in [0, 0.05) is 17.6 Å². The molecule has 0 aliphatic heterocycles. The highest BCUT2D eigenvalue weighted by Gasteiger charge is 2.08. The number of carbonyl (C=O) groups is 2. The number of hydrazone groups is 1. The van der Waals surface area contributed by atoms with Crippen LogP contribution in [0.2, 0.25) is 0 Å². The molecule has 2 rings (SSSR count). The summed E-state index contributed by atoms with van der Waals surface area (Å²) in [6.07, 6.45) is 1.62. The summed E-state index contributed by atoms with van der Waals surface area (Å²) in [5.74, 6) is -0.601. The Bertz CT molecular complexity index is 770. The van der Waals surface area contributed by atoms with Gasteiger partial charge in [0.05, 0.1) is 6.42 Å². The Kier molecular flexibility index (Phi) is 5.78. The van der Waals surface area contributed by atoms with Crippen LogP contribution in [0.15, 0.2) is 47.7 Å². The van der Waals surface area contributed by atoms with Crippen molar-refractivity contribution in [3.05, 3.63) is 59.4 Å². The van der Waals surface area contributed by atoms with Gasteiger partial charge < -0.3 is 5.32 Å². The Hall–Kier alpha value is -3.02. The average molecular weight is 324 g/mol. The third-order valence-corrected chi connectivity index (χ3v) is 3.45. The molecule has 0 spiro atoms. The molecule has 1 heterocycles. The quantitative estimate of drug-likeness (QED) is 0.655. The Balaban J connectivity index is 1.88. The van der Waals surface area contributed by atoms with Crippen LogP contribution in [-0.4, -0.2) is 22.5 Å². The minimum absolute atomic E-state index is 0.0927. The van der Waals surface area contributed by atoms with Gasteiger partial charge in [-0.15, -0.1) is 0 Å². The normalized spacial score (nSPS) is 11.0. The summed E-state index contributed by atoms with van der Waals surface area (Å²) in [6.45, 7) is 5.69. The number of aryl methyl sites for hydroxylation is 2. The number of pyridine rings is 1. The number of rotatable bonds is 5. The Labute approximate surface area is 141 Å². The maximum atomic E-state index is 12.0. The second-order valence-electron chi connectivity index (χ2n) is 5.53. The zero-order valence-corrected chi connectivity index (χ0v) is 14.0. The van der Waals surface area contributed by atoms with Crippen molar-refractivity contribution >= 4 is 23.2 Å². The van der Waals surface area contributed by atoms with Crippen LogP contribution in [0.3, 0.4) is 0 Å². The molecular weight excluding hydrogens is 304 g/mol. The van der Waals surface area contributed by atoms with Crippen LogP contribution >= 0.6 is 0 Å². The lowest BCUT2D eigenvalue weighted by Crippen LogP contribution is -2.22. The van der Waals surface area contributed by atoms with Gasteiger partial charge in [-0.3, -0.25) is 14.6 Å². The summed E-state index contributed by atoms with van der Waals surface area (Å²) in [7, 11) is 0. The molecule has 0 fully saturated rings. The Morgan fingerprint density at radius 3 is 2.58 bits per heavy atom. The van der Waals surface area contributed by atoms with Gasteiger partial charge in [0.2, 0.25) is 5.91 Å². The molecule has 2 aromatic rings. The van der Waals surface area contributed by atoms with Gasteiger partial charge in [-0.2, -0.15) is 5.10 Å². The van der Waals surface area contributed by atoms with Crippen molar-refractivity contribution in [2.24, 2.45) is 5.10 Å². The first-order valence-corrected chi connectivity index (χ1v) is 7.57.